The summed E-state index contributed by atoms with van der Waals surface area (Å²) >= 11 is 0. The average molecular weight is 131 g/mol. The van der Waals surface area contributed by atoms with Crippen molar-refractivity contribution in [2.45, 2.75) is 6.92 Å². The van der Waals surface area contributed by atoms with E-state index < -0.39 is 0 Å². The van der Waals surface area contributed by atoms with Crippen LogP contribution in [0.4, 0.5) is 0 Å². The van der Waals surface area contributed by atoms with Crippen molar-refractivity contribution in [3.8, 4) is 0 Å². The number of carbonyl (C=O) groups excluding carboxylic acids is 1. The summed E-state index contributed by atoms with van der Waals surface area (Å²) in [6, 6.07) is 3.27. The lowest BCUT2D eigenvalue weighted by molar-refractivity contribution is 0.112. The highest BCUT2D eigenvalue weighted by molar-refractivity contribution is 6.30. The van der Waals surface area contributed by atoms with Crippen LogP contribution >= 0.6 is 0 Å². The van der Waals surface area contributed by atoms with E-state index in [9.17, 15) is 4.79 Å². The summed E-state index contributed by atoms with van der Waals surface area (Å²) in [5.41, 5.74) is 1.72. The highest BCUT2D eigenvalue weighted by Gasteiger charge is 1.95. The Morgan fingerprint density at radius 3 is 2.80 bits per heavy atom. The van der Waals surface area contributed by atoms with Crippen molar-refractivity contribution in [2.75, 3.05) is 0 Å². The van der Waals surface area contributed by atoms with Gasteiger partial charge in [0.25, 0.3) is 0 Å². The van der Waals surface area contributed by atoms with Crippen LogP contribution in [0, 0.1) is 6.92 Å². The Bertz CT molecular complexity index is 260. The summed E-state index contributed by atoms with van der Waals surface area (Å²) in [7, 11) is 5.36. The molecule has 0 aliphatic carbocycles. The molecule has 3 heteroatoms. The number of aryl methyl sites for hydroxylation is 1. The molecule has 0 aliphatic rings. The molecule has 0 bridgehead atoms. The Balaban J connectivity index is 3.19. The molecule has 0 spiro atoms. The van der Waals surface area contributed by atoms with Gasteiger partial charge in [-0.15, -0.1) is 0 Å². The highest BCUT2D eigenvalue weighted by Crippen LogP contribution is 1.96. The smallest absolute Gasteiger partial charge is 0.151 e. The molecule has 0 saturated carbocycles. The Morgan fingerprint density at radius 2 is 2.30 bits per heavy atom. The second-order valence-corrected chi connectivity index (χ2v) is 2.03. The number of carbonyl (C=O) groups is 1. The van der Waals surface area contributed by atoms with Crippen LogP contribution in [-0.2, 0) is 0 Å². The zero-order valence-electron chi connectivity index (χ0n) is 5.66. The number of aromatic nitrogens is 1. The largest absolute Gasteiger partial charge is 0.298 e. The minimum Gasteiger partial charge on any atom is -0.298 e. The molecule has 1 aromatic heterocycles. The van der Waals surface area contributed by atoms with Crippen LogP contribution < -0.4 is 5.59 Å². The van der Waals surface area contributed by atoms with Crippen LogP contribution in [0.1, 0.15) is 16.1 Å². The lowest BCUT2D eigenvalue weighted by Crippen LogP contribution is -2.09. The fourth-order valence-corrected chi connectivity index (χ4v) is 0.716. The van der Waals surface area contributed by atoms with Crippen LogP contribution in [-0.4, -0.2) is 19.1 Å². The maximum absolute atomic E-state index is 10.3. The first kappa shape index (κ1) is 7.00. The summed E-state index contributed by atoms with van der Waals surface area (Å²) in [4.78, 5) is 14.1. The highest BCUT2D eigenvalue weighted by atomic mass is 16.1. The fraction of sp³-hybridized carbons (Fsp3) is 0.143. The van der Waals surface area contributed by atoms with Crippen LogP contribution in [0.15, 0.2) is 12.1 Å². The second kappa shape index (κ2) is 2.65. The Kier molecular flexibility index (Phi) is 1.85. The third kappa shape index (κ3) is 1.24. The van der Waals surface area contributed by atoms with Gasteiger partial charge in [0.1, 0.15) is 7.85 Å². The SMILES string of the molecule is [B]c1ccc(C=O)c(C)n1. The average Bonchev–Trinajstić information content (AvgIpc) is 1.88. The predicted octanol–water partition coefficient (Wildman–Crippen LogP) is -0.00368. The zero-order valence-corrected chi connectivity index (χ0v) is 5.66. The van der Waals surface area contributed by atoms with Gasteiger partial charge in [-0.05, 0) is 18.6 Å². The topological polar surface area (TPSA) is 30.0 Å². The lowest BCUT2D eigenvalue weighted by Gasteiger charge is -1.97. The Morgan fingerprint density at radius 1 is 1.60 bits per heavy atom. The van der Waals surface area contributed by atoms with Gasteiger partial charge in [0.05, 0.1) is 0 Å². The summed E-state index contributed by atoms with van der Waals surface area (Å²) in [5, 5.41) is 0. The van der Waals surface area contributed by atoms with Gasteiger partial charge in [-0.1, -0.05) is 6.07 Å². The molecule has 0 aromatic carbocycles. The van der Waals surface area contributed by atoms with E-state index in [2.05, 4.69) is 4.98 Å². The van der Waals surface area contributed by atoms with Gasteiger partial charge in [-0.25, -0.2) is 0 Å². The minimum atomic E-state index is 0.447. The summed E-state index contributed by atoms with van der Waals surface area (Å²) in [6.45, 7) is 1.75. The van der Waals surface area contributed by atoms with Gasteiger partial charge in [-0.2, -0.15) is 0 Å². The summed E-state index contributed by atoms with van der Waals surface area (Å²) < 4.78 is 0. The molecule has 1 aromatic rings. The standard InChI is InChI=1S/C7H6BNO/c1-5-6(4-10)2-3-7(8)9-5/h2-4H,1H3. The van der Waals surface area contributed by atoms with E-state index in [1.165, 1.54) is 0 Å². The van der Waals surface area contributed by atoms with E-state index in [0.717, 1.165) is 6.29 Å². The number of hydrogen-bond acceptors (Lipinski definition) is 2. The van der Waals surface area contributed by atoms with Crippen LogP contribution in [0.2, 0.25) is 0 Å². The molecule has 0 unspecified atom stereocenters. The molecule has 0 aliphatic heterocycles. The van der Waals surface area contributed by atoms with Gasteiger partial charge >= 0.3 is 0 Å². The first-order valence-corrected chi connectivity index (χ1v) is 2.92. The van der Waals surface area contributed by atoms with Crippen LogP contribution in [0.3, 0.4) is 0 Å². The normalized spacial score (nSPS) is 9.30. The molecule has 0 N–H and O–H groups in total. The maximum atomic E-state index is 10.3. The molecule has 0 fully saturated rings. The van der Waals surface area contributed by atoms with Crippen molar-refractivity contribution >= 4 is 19.7 Å². The first-order valence-electron chi connectivity index (χ1n) is 2.92. The van der Waals surface area contributed by atoms with Crippen molar-refractivity contribution in [3.63, 3.8) is 0 Å². The first-order chi connectivity index (χ1) is 4.74. The third-order valence-corrected chi connectivity index (χ3v) is 1.28. The third-order valence-electron chi connectivity index (χ3n) is 1.28. The van der Waals surface area contributed by atoms with Gasteiger partial charge in [0.15, 0.2) is 6.29 Å². The minimum absolute atomic E-state index is 0.447. The van der Waals surface area contributed by atoms with Gasteiger partial charge in [-0.3, -0.25) is 9.78 Å². The second-order valence-electron chi connectivity index (χ2n) is 2.03. The molecular formula is C7H6BNO. The fourth-order valence-electron chi connectivity index (χ4n) is 0.716. The van der Waals surface area contributed by atoms with E-state index in [1.54, 1.807) is 19.1 Å². The molecule has 2 radical (unpaired) electrons. The molecule has 2 nitrogen and oxygen atoms in total. The number of aldehydes is 1. The summed E-state index contributed by atoms with van der Waals surface area (Å²) in [5.74, 6) is 0. The van der Waals surface area contributed by atoms with Crippen molar-refractivity contribution in [3.05, 3.63) is 23.4 Å². The van der Waals surface area contributed by atoms with E-state index in [-0.39, 0.29) is 0 Å². The molecular weight excluding hydrogens is 125 g/mol. The van der Waals surface area contributed by atoms with Crippen molar-refractivity contribution in [2.24, 2.45) is 0 Å². The monoisotopic (exact) mass is 131 g/mol. The molecule has 10 heavy (non-hydrogen) atoms. The zero-order chi connectivity index (χ0) is 7.56. The maximum Gasteiger partial charge on any atom is 0.151 e. The number of pyridine rings is 1. The van der Waals surface area contributed by atoms with Gasteiger partial charge in [0.2, 0.25) is 0 Å². The number of hydrogen-bond donors (Lipinski definition) is 0. The quantitative estimate of drug-likeness (QED) is 0.396. The molecule has 1 rings (SSSR count). The lowest BCUT2D eigenvalue weighted by atomic mass is 10.0. The molecule has 0 atom stereocenters. The summed E-state index contributed by atoms with van der Waals surface area (Å²) in [6.07, 6.45) is 0.766. The number of rotatable bonds is 1. The van der Waals surface area contributed by atoms with Gasteiger partial charge in [0, 0.05) is 11.3 Å². The van der Waals surface area contributed by atoms with Crippen LogP contribution in [0.25, 0.3) is 0 Å². The predicted molar refractivity (Wildman–Crippen MR) is 39.7 cm³/mol. The van der Waals surface area contributed by atoms with Gasteiger partial charge < -0.3 is 0 Å². The Hall–Kier alpha value is -1.12. The van der Waals surface area contributed by atoms with Crippen molar-refractivity contribution < 1.29 is 4.79 Å². The van der Waals surface area contributed by atoms with E-state index in [0.29, 0.717) is 16.9 Å². The molecule has 1 heterocycles. The van der Waals surface area contributed by atoms with E-state index in [4.69, 9.17) is 7.85 Å². The van der Waals surface area contributed by atoms with Crippen molar-refractivity contribution in [1.82, 2.24) is 4.98 Å². The molecule has 0 amide bonds. The molecule has 48 valence electrons. The van der Waals surface area contributed by atoms with Crippen molar-refractivity contribution in [1.29, 1.82) is 0 Å². The van der Waals surface area contributed by atoms with E-state index >= 15 is 0 Å². The van der Waals surface area contributed by atoms with E-state index in [1.807, 2.05) is 0 Å². The number of nitrogens with zero attached hydrogens (tertiary/aromatic N) is 1. The molecule has 0 saturated heterocycles. The Labute approximate surface area is 60.7 Å². The van der Waals surface area contributed by atoms with Crippen LogP contribution in [0.5, 0.6) is 0 Å².